The second-order valence-electron chi connectivity index (χ2n) is 6.46. The second-order valence-corrected chi connectivity index (χ2v) is 6.46. The molecule has 0 saturated carbocycles. The van der Waals surface area contributed by atoms with Crippen LogP contribution >= 0.6 is 0 Å². The molecule has 0 aromatic heterocycles. The van der Waals surface area contributed by atoms with Crippen LogP contribution in [0.15, 0.2) is 24.3 Å². The SMILES string of the molecule is C[C@H]1CN(C(=O)CCCN2C(=O)COc3ccccc32)C[C@H](C)O1. The highest BCUT2D eigenvalue weighted by Crippen LogP contribution is 2.31. The van der Waals surface area contributed by atoms with Crippen LogP contribution in [0.3, 0.4) is 0 Å². The Morgan fingerprint density at radius 3 is 2.67 bits per heavy atom. The van der Waals surface area contributed by atoms with Gasteiger partial charge in [0.1, 0.15) is 5.75 Å². The average molecular weight is 332 g/mol. The molecule has 1 saturated heterocycles. The van der Waals surface area contributed by atoms with Gasteiger partial charge >= 0.3 is 0 Å². The summed E-state index contributed by atoms with van der Waals surface area (Å²) < 4.78 is 11.1. The summed E-state index contributed by atoms with van der Waals surface area (Å²) in [7, 11) is 0. The number of hydrogen-bond acceptors (Lipinski definition) is 4. The van der Waals surface area contributed by atoms with Crippen molar-refractivity contribution in [2.24, 2.45) is 0 Å². The normalized spacial score (nSPS) is 23.7. The van der Waals surface area contributed by atoms with Gasteiger partial charge in [-0.2, -0.15) is 0 Å². The molecule has 2 atom stereocenters. The van der Waals surface area contributed by atoms with E-state index in [0.717, 1.165) is 11.4 Å². The minimum absolute atomic E-state index is 0.0590. The molecule has 24 heavy (non-hydrogen) atoms. The molecule has 6 nitrogen and oxygen atoms in total. The third-order valence-corrected chi connectivity index (χ3v) is 4.35. The lowest BCUT2D eigenvalue weighted by molar-refractivity contribution is -0.143. The summed E-state index contributed by atoms with van der Waals surface area (Å²) in [5.41, 5.74) is 0.787. The van der Waals surface area contributed by atoms with Crippen LogP contribution in [-0.4, -0.2) is 55.2 Å². The molecule has 130 valence electrons. The smallest absolute Gasteiger partial charge is 0.265 e. The summed E-state index contributed by atoms with van der Waals surface area (Å²) >= 11 is 0. The van der Waals surface area contributed by atoms with Crippen LogP contribution in [0.4, 0.5) is 5.69 Å². The van der Waals surface area contributed by atoms with Gasteiger partial charge in [-0.25, -0.2) is 0 Å². The van der Waals surface area contributed by atoms with Gasteiger partial charge in [0.05, 0.1) is 17.9 Å². The van der Waals surface area contributed by atoms with Crippen molar-refractivity contribution in [1.82, 2.24) is 4.90 Å². The third-order valence-electron chi connectivity index (χ3n) is 4.35. The number of rotatable bonds is 4. The summed E-state index contributed by atoms with van der Waals surface area (Å²) in [4.78, 5) is 28.1. The number of ether oxygens (including phenoxy) is 2. The van der Waals surface area contributed by atoms with E-state index < -0.39 is 0 Å². The average Bonchev–Trinajstić information content (AvgIpc) is 2.56. The van der Waals surface area contributed by atoms with Gasteiger partial charge in [-0.1, -0.05) is 12.1 Å². The Kier molecular flexibility index (Phi) is 5.04. The molecule has 0 aliphatic carbocycles. The molecule has 1 fully saturated rings. The summed E-state index contributed by atoms with van der Waals surface area (Å²) in [6.45, 7) is 5.84. The Labute approximate surface area is 142 Å². The van der Waals surface area contributed by atoms with Gasteiger partial charge in [-0.15, -0.1) is 0 Å². The van der Waals surface area contributed by atoms with E-state index in [0.29, 0.717) is 32.5 Å². The third kappa shape index (κ3) is 3.70. The van der Waals surface area contributed by atoms with Crippen LogP contribution in [0.5, 0.6) is 5.75 Å². The molecule has 1 aromatic carbocycles. The van der Waals surface area contributed by atoms with E-state index in [-0.39, 0.29) is 30.6 Å². The zero-order chi connectivity index (χ0) is 17.1. The molecule has 0 radical (unpaired) electrons. The minimum Gasteiger partial charge on any atom is -0.482 e. The van der Waals surface area contributed by atoms with Gasteiger partial charge in [-0.05, 0) is 32.4 Å². The van der Waals surface area contributed by atoms with Crippen LogP contribution in [-0.2, 0) is 14.3 Å². The topological polar surface area (TPSA) is 59.1 Å². The lowest BCUT2D eigenvalue weighted by atomic mass is 10.1. The number of carbonyl (C=O) groups excluding carboxylic acids is 2. The van der Waals surface area contributed by atoms with E-state index in [1.54, 1.807) is 4.90 Å². The van der Waals surface area contributed by atoms with Crippen molar-refractivity contribution in [2.75, 3.05) is 31.1 Å². The quantitative estimate of drug-likeness (QED) is 0.844. The Bertz CT molecular complexity index is 609. The van der Waals surface area contributed by atoms with Crippen molar-refractivity contribution < 1.29 is 19.1 Å². The first-order chi connectivity index (χ1) is 11.5. The summed E-state index contributed by atoms with van der Waals surface area (Å²) in [6, 6.07) is 7.50. The van der Waals surface area contributed by atoms with E-state index in [4.69, 9.17) is 9.47 Å². The van der Waals surface area contributed by atoms with E-state index >= 15 is 0 Å². The molecule has 0 unspecified atom stereocenters. The van der Waals surface area contributed by atoms with Crippen molar-refractivity contribution >= 4 is 17.5 Å². The van der Waals surface area contributed by atoms with Crippen molar-refractivity contribution in [3.63, 3.8) is 0 Å². The van der Waals surface area contributed by atoms with Crippen LogP contribution in [0.2, 0.25) is 0 Å². The fourth-order valence-corrected chi connectivity index (χ4v) is 3.33. The van der Waals surface area contributed by atoms with E-state index in [9.17, 15) is 9.59 Å². The van der Waals surface area contributed by atoms with E-state index in [1.165, 1.54) is 0 Å². The predicted octanol–water partition coefficient (Wildman–Crippen LogP) is 1.83. The number of amides is 2. The number of fused-ring (bicyclic) bond motifs is 1. The zero-order valence-electron chi connectivity index (χ0n) is 14.2. The van der Waals surface area contributed by atoms with E-state index in [2.05, 4.69) is 0 Å². The summed E-state index contributed by atoms with van der Waals surface area (Å²) in [5.74, 6) is 0.792. The lowest BCUT2D eigenvalue weighted by Gasteiger charge is -2.35. The molecule has 0 N–H and O–H groups in total. The highest BCUT2D eigenvalue weighted by atomic mass is 16.5. The van der Waals surface area contributed by atoms with Gasteiger partial charge in [-0.3, -0.25) is 9.59 Å². The highest BCUT2D eigenvalue weighted by Gasteiger charge is 2.27. The van der Waals surface area contributed by atoms with Crippen LogP contribution < -0.4 is 9.64 Å². The maximum Gasteiger partial charge on any atom is 0.265 e. The molecule has 1 aromatic rings. The molecular weight excluding hydrogens is 308 g/mol. The number of nitrogens with zero attached hydrogens (tertiary/aromatic N) is 2. The maximum absolute atomic E-state index is 12.4. The Morgan fingerprint density at radius 1 is 1.21 bits per heavy atom. The number of carbonyl (C=O) groups is 2. The number of anilines is 1. The van der Waals surface area contributed by atoms with Crippen molar-refractivity contribution in [3.05, 3.63) is 24.3 Å². The number of para-hydroxylation sites is 2. The van der Waals surface area contributed by atoms with E-state index in [1.807, 2.05) is 43.0 Å². The maximum atomic E-state index is 12.4. The zero-order valence-corrected chi connectivity index (χ0v) is 14.2. The van der Waals surface area contributed by atoms with Crippen molar-refractivity contribution in [2.45, 2.75) is 38.9 Å². The molecule has 0 bridgehead atoms. The number of benzene rings is 1. The molecular formula is C18H24N2O4. The van der Waals surface area contributed by atoms with Gasteiger partial charge in [0.2, 0.25) is 5.91 Å². The number of hydrogen-bond donors (Lipinski definition) is 0. The molecule has 2 heterocycles. The molecule has 2 aliphatic heterocycles. The van der Waals surface area contributed by atoms with Gasteiger partial charge in [0.15, 0.2) is 6.61 Å². The first-order valence-corrected chi connectivity index (χ1v) is 8.50. The Morgan fingerprint density at radius 2 is 1.92 bits per heavy atom. The fourth-order valence-electron chi connectivity index (χ4n) is 3.33. The largest absolute Gasteiger partial charge is 0.482 e. The van der Waals surface area contributed by atoms with Crippen LogP contribution in [0, 0.1) is 0 Å². The van der Waals surface area contributed by atoms with Gasteiger partial charge < -0.3 is 19.3 Å². The lowest BCUT2D eigenvalue weighted by Crippen LogP contribution is -2.48. The molecule has 3 rings (SSSR count). The Balaban J connectivity index is 1.55. The molecule has 2 amide bonds. The van der Waals surface area contributed by atoms with Gasteiger partial charge in [0.25, 0.3) is 5.91 Å². The highest BCUT2D eigenvalue weighted by molar-refractivity contribution is 5.97. The Hall–Kier alpha value is -2.08. The second kappa shape index (κ2) is 7.21. The standard InChI is InChI=1S/C18H24N2O4/c1-13-10-19(11-14(2)24-13)17(21)8-5-9-20-15-6-3-4-7-16(15)23-12-18(20)22/h3-4,6-7,13-14H,5,8-12H2,1-2H3/t13-,14-/m0/s1. The van der Waals surface area contributed by atoms with Crippen molar-refractivity contribution in [3.8, 4) is 5.75 Å². The summed E-state index contributed by atoms with van der Waals surface area (Å²) in [5, 5.41) is 0. The predicted molar refractivity (Wildman–Crippen MR) is 90.1 cm³/mol. The number of morpholine rings is 1. The first-order valence-electron chi connectivity index (χ1n) is 8.50. The van der Waals surface area contributed by atoms with Gasteiger partial charge in [0, 0.05) is 26.1 Å². The van der Waals surface area contributed by atoms with Crippen molar-refractivity contribution in [1.29, 1.82) is 0 Å². The molecule has 0 spiro atoms. The monoisotopic (exact) mass is 332 g/mol. The van der Waals surface area contributed by atoms with Crippen LogP contribution in [0.1, 0.15) is 26.7 Å². The van der Waals surface area contributed by atoms with Crippen LogP contribution in [0.25, 0.3) is 0 Å². The molecule has 2 aliphatic rings. The first kappa shape index (κ1) is 16.8. The summed E-state index contributed by atoms with van der Waals surface area (Å²) in [6.07, 6.45) is 1.22. The minimum atomic E-state index is -0.0604. The molecule has 6 heteroatoms. The fraction of sp³-hybridized carbons (Fsp3) is 0.556.